The predicted octanol–water partition coefficient (Wildman–Crippen LogP) is 4.08. The number of halogens is 1. The van der Waals surface area contributed by atoms with Gasteiger partial charge in [0.25, 0.3) is 0 Å². The maximum absolute atomic E-state index is 6.06. The maximum atomic E-state index is 6.06. The average molecular weight is 331 g/mol. The molecule has 2 atom stereocenters. The summed E-state index contributed by atoms with van der Waals surface area (Å²) < 4.78 is 1.23. The van der Waals surface area contributed by atoms with Crippen molar-refractivity contribution in [1.29, 1.82) is 0 Å². The van der Waals surface area contributed by atoms with Crippen LogP contribution in [0.25, 0.3) is 0 Å². The molecule has 0 amide bonds. The summed E-state index contributed by atoms with van der Waals surface area (Å²) in [4.78, 5) is 5.38. The van der Waals surface area contributed by atoms with Crippen molar-refractivity contribution in [3.63, 3.8) is 0 Å². The number of nitrogens with two attached hydrogens (primary N) is 1. The zero-order valence-electron chi connectivity index (χ0n) is 11.3. The molecule has 1 aromatic rings. The molecular weight excluding hydrogens is 308 g/mol. The minimum Gasteiger partial charge on any atom is -0.329 e. The fourth-order valence-corrected chi connectivity index (χ4v) is 4.52. The van der Waals surface area contributed by atoms with Crippen molar-refractivity contribution in [3.8, 4) is 0 Å². The molecule has 4 heteroatoms. The van der Waals surface area contributed by atoms with Crippen LogP contribution in [0.5, 0.6) is 0 Å². The van der Waals surface area contributed by atoms with Crippen LogP contribution in [-0.2, 0) is 0 Å². The summed E-state index contributed by atoms with van der Waals surface area (Å²) in [6.45, 7) is 6.43. The van der Waals surface area contributed by atoms with Gasteiger partial charge in [-0.15, -0.1) is 11.3 Å². The first-order chi connectivity index (χ1) is 8.63. The van der Waals surface area contributed by atoms with Crippen molar-refractivity contribution in [2.45, 2.75) is 51.6 Å². The lowest BCUT2D eigenvalue weighted by atomic mass is 10.1. The molecule has 0 aliphatic carbocycles. The molecule has 1 aromatic heterocycles. The molecule has 0 saturated carbocycles. The van der Waals surface area contributed by atoms with Gasteiger partial charge in [0.05, 0.1) is 6.04 Å². The molecule has 1 aliphatic heterocycles. The molecule has 2 N–H and O–H groups in total. The van der Waals surface area contributed by atoms with E-state index in [1.54, 1.807) is 0 Å². The van der Waals surface area contributed by atoms with Crippen LogP contribution in [0.4, 0.5) is 0 Å². The summed E-state index contributed by atoms with van der Waals surface area (Å²) >= 11 is 5.50. The van der Waals surface area contributed by atoms with Crippen molar-refractivity contribution < 1.29 is 0 Å². The van der Waals surface area contributed by atoms with Crippen molar-refractivity contribution in [3.05, 3.63) is 20.3 Å². The Labute approximate surface area is 123 Å². The van der Waals surface area contributed by atoms with E-state index >= 15 is 0 Å². The number of likely N-dealkylation sites (tertiary alicyclic amines) is 1. The van der Waals surface area contributed by atoms with Gasteiger partial charge in [-0.2, -0.15) is 0 Å². The van der Waals surface area contributed by atoms with Gasteiger partial charge in [-0.05, 0) is 55.2 Å². The zero-order valence-corrected chi connectivity index (χ0v) is 13.7. The fraction of sp³-hybridized carbons (Fsp3) is 0.714. The molecule has 2 heterocycles. The van der Waals surface area contributed by atoms with E-state index in [2.05, 4.69) is 40.7 Å². The van der Waals surface area contributed by atoms with Crippen molar-refractivity contribution in [2.75, 3.05) is 13.1 Å². The van der Waals surface area contributed by atoms with Crippen molar-refractivity contribution in [2.24, 2.45) is 5.73 Å². The van der Waals surface area contributed by atoms with E-state index in [1.165, 1.54) is 46.5 Å². The van der Waals surface area contributed by atoms with Crippen molar-refractivity contribution in [1.82, 2.24) is 4.90 Å². The highest BCUT2D eigenvalue weighted by Gasteiger charge is 2.26. The zero-order chi connectivity index (χ0) is 13.1. The Hall–Kier alpha value is 0.100. The van der Waals surface area contributed by atoms with E-state index in [0.29, 0.717) is 12.1 Å². The van der Waals surface area contributed by atoms with Gasteiger partial charge in [-0.1, -0.05) is 12.8 Å². The Balaban J connectivity index is 2.20. The number of rotatable bonds is 3. The number of hydrogen-bond donors (Lipinski definition) is 1. The van der Waals surface area contributed by atoms with E-state index in [9.17, 15) is 0 Å². The highest BCUT2D eigenvalue weighted by atomic mass is 79.9. The summed E-state index contributed by atoms with van der Waals surface area (Å²) in [5, 5.41) is 0. The second-order valence-electron chi connectivity index (χ2n) is 5.24. The molecular formula is C14H23BrN2S. The standard InChI is InChI=1S/C14H23BrN2S/c1-10-6-4-3-5-7-17(10)13(9-16)14-8-12(15)11(2)18-14/h8,10,13H,3-7,9,16H2,1-2H3. The largest absolute Gasteiger partial charge is 0.329 e. The first kappa shape index (κ1) is 14.5. The third-order valence-corrected chi connectivity index (χ3v) is 6.17. The highest BCUT2D eigenvalue weighted by molar-refractivity contribution is 9.10. The van der Waals surface area contributed by atoms with Crippen LogP contribution < -0.4 is 5.73 Å². The SMILES string of the molecule is Cc1sc(C(CN)N2CCCCCC2C)cc1Br. The summed E-state index contributed by atoms with van der Waals surface area (Å²) in [6.07, 6.45) is 5.35. The monoisotopic (exact) mass is 330 g/mol. The van der Waals surface area contributed by atoms with Gasteiger partial charge in [0.15, 0.2) is 0 Å². The second-order valence-corrected chi connectivity index (χ2v) is 7.38. The molecule has 1 aliphatic rings. The topological polar surface area (TPSA) is 29.3 Å². The third-order valence-electron chi connectivity index (χ3n) is 3.93. The van der Waals surface area contributed by atoms with Gasteiger partial charge >= 0.3 is 0 Å². The van der Waals surface area contributed by atoms with E-state index in [1.807, 2.05) is 11.3 Å². The molecule has 0 spiro atoms. The van der Waals surface area contributed by atoms with E-state index in [4.69, 9.17) is 5.73 Å². The van der Waals surface area contributed by atoms with Crippen LogP contribution in [0.1, 0.15) is 48.4 Å². The van der Waals surface area contributed by atoms with Gasteiger partial charge in [0.1, 0.15) is 0 Å². The van der Waals surface area contributed by atoms with E-state index in [0.717, 1.165) is 6.54 Å². The molecule has 2 rings (SSSR count). The van der Waals surface area contributed by atoms with Crippen LogP contribution in [0.2, 0.25) is 0 Å². The quantitative estimate of drug-likeness (QED) is 0.904. The molecule has 0 bridgehead atoms. The van der Waals surface area contributed by atoms with Gasteiger partial charge in [0.2, 0.25) is 0 Å². The van der Waals surface area contributed by atoms with Crippen LogP contribution >= 0.6 is 27.3 Å². The number of hydrogen-bond acceptors (Lipinski definition) is 3. The molecule has 1 fully saturated rings. The Kier molecular flexibility index (Phi) is 5.24. The molecule has 1 saturated heterocycles. The Morgan fingerprint density at radius 3 is 2.89 bits per heavy atom. The maximum Gasteiger partial charge on any atom is 0.0567 e. The van der Waals surface area contributed by atoms with E-state index < -0.39 is 0 Å². The lowest BCUT2D eigenvalue weighted by Crippen LogP contribution is -2.39. The smallest absolute Gasteiger partial charge is 0.0567 e. The normalized spacial score (nSPS) is 23.9. The van der Waals surface area contributed by atoms with Crippen LogP contribution in [0.3, 0.4) is 0 Å². The summed E-state index contributed by atoms with van der Waals surface area (Å²) in [7, 11) is 0. The molecule has 102 valence electrons. The minimum absolute atomic E-state index is 0.396. The lowest BCUT2D eigenvalue weighted by Gasteiger charge is -2.34. The van der Waals surface area contributed by atoms with E-state index in [-0.39, 0.29) is 0 Å². The first-order valence-electron chi connectivity index (χ1n) is 6.85. The Morgan fingerprint density at radius 1 is 1.50 bits per heavy atom. The van der Waals surface area contributed by atoms with Gasteiger partial charge in [-0.3, -0.25) is 4.90 Å². The van der Waals surface area contributed by atoms with Gasteiger partial charge in [0, 0.05) is 26.8 Å². The fourth-order valence-electron chi connectivity index (χ4n) is 2.82. The Morgan fingerprint density at radius 2 is 2.28 bits per heavy atom. The Bertz CT molecular complexity index is 372. The third kappa shape index (κ3) is 3.16. The predicted molar refractivity (Wildman–Crippen MR) is 83.2 cm³/mol. The highest BCUT2D eigenvalue weighted by Crippen LogP contribution is 2.35. The van der Waals surface area contributed by atoms with Gasteiger partial charge < -0.3 is 5.73 Å². The molecule has 0 radical (unpaired) electrons. The summed E-state index contributed by atoms with van der Waals surface area (Å²) in [5.41, 5.74) is 6.06. The number of nitrogens with zero attached hydrogens (tertiary/aromatic N) is 1. The molecule has 18 heavy (non-hydrogen) atoms. The summed E-state index contributed by atoms with van der Waals surface area (Å²) in [5.74, 6) is 0. The molecule has 2 unspecified atom stereocenters. The number of aryl methyl sites for hydroxylation is 1. The van der Waals surface area contributed by atoms with Crippen LogP contribution in [-0.4, -0.2) is 24.0 Å². The van der Waals surface area contributed by atoms with Crippen LogP contribution in [0.15, 0.2) is 10.5 Å². The van der Waals surface area contributed by atoms with Crippen molar-refractivity contribution >= 4 is 27.3 Å². The first-order valence-corrected chi connectivity index (χ1v) is 8.46. The van der Waals surface area contributed by atoms with Gasteiger partial charge in [-0.25, -0.2) is 0 Å². The second kappa shape index (κ2) is 6.51. The summed E-state index contributed by atoms with van der Waals surface area (Å²) in [6, 6.07) is 3.31. The molecule has 0 aromatic carbocycles. The average Bonchev–Trinajstić information content (AvgIpc) is 2.54. The minimum atomic E-state index is 0.396. The lowest BCUT2D eigenvalue weighted by molar-refractivity contribution is 0.153. The number of thiophene rings is 1. The van der Waals surface area contributed by atoms with Crippen LogP contribution in [0, 0.1) is 6.92 Å². The molecule has 2 nitrogen and oxygen atoms in total.